The van der Waals surface area contributed by atoms with Crippen molar-refractivity contribution in [2.24, 2.45) is 5.92 Å². The smallest absolute Gasteiger partial charge is 0.262 e. The second-order valence-corrected chi connectivity index (χ2v) is 9.23. The van der Waals surface area contributed by atoms with Crippen LogP contribution in [0.3, 0.4) is 0 Å². The number of hydrogen-bond donors (Lipinski definition) is 1. The van der Waals surface area contributed by atoms with Crippen LogP contribution in [0.15, 0.2) is 29.3 Å². The summed E-state index contributed by atoms with van der Waals surface area (Å²) in [6.07, 6.45) is 4.45. The number of anilines is 1. The lowest BCUT2D eigenvalue weighted by molar-refractivity contribution is -0.116. The molecule has 2 aromatic heterocycles. The third kappa shape index (κ3) is 2.92. The standard InChI is InChI=1S/C22H21N3O3S/c1-11-3-5-14-18(7-11)29-21-19(14)22(28)25(10-23-21)9-17(26)13-4-6-16-15(8-13)12(2)20(27)24-16/h4,6,8,10-12H,3,5,7,9H2,1-2H3,(H,24,27)/t11-,12-/m0/s1. The maximum Gasteiger partial charge on any atom is 0.262 e. The molecule has 0 fully saturated rings. The molecule has 1 amide bonds. The van der Waals surface area contributed by atoms with Gasteiger partial charge in [0.05, 0.1) is 24.2 Å². The van der Waals surface area contributed by atoms with Crippen LogP contribution in [0.2, 0.25) is 0 Å². The van der Waals surface area contributed by atoms with Gasteiger partial charge in [-0.3, -0.25) is 19.0 Å². The number of nitrogens with one attached hydrogen (secondary N) is 1. The number of carbonyl (C=O) groups is 2. The normalized spacial score (nSPS) is 20.4. The van der Waals surface area contributed by atoms with E-state index in [9.17, 15) is 14.4 Å². The molecule has 0 saturated heterocycles. The molecular formula is C22H21N3O3S. The first-order valence-electron chi connectivity index (χ1n) is 9.90. The molecule has 0 bridgehead atoms. The number of rotatable bonds is 3. The van der Waals surface area contributed by atoms with E-state index in [2.05, 4.69) is 17.2 Å². The van der Waals surface area contributed by atoms with Crippen molar-refractivity contribution in [3.63, 3.8) is 0 Å². The van der Waals surface area contributed by atoms with Crippen molar-refractivity contribution in [1.82, 2.24) is 9.55 Å². The number of aryl methyl sites for hydroxylation is 1. The number of fused-ring (bicyclic) bond motifs is 4. The molecule has 1 aliphatic carbocycles. The lowest BCUT2D eigenvalue weighted by atomic mass is 9.89. The maximum atomic E-state index is 13.1. The summed E-state index contributed by atoms with van der Waals surface area (Å²) < 4.78 is 1.41. The lowest BCUT2D eigenvalue weighted by Crippen LogP contribution is -2.25. The van der Waals surface area contributed by atoms with Crippen LogP contribution in [0.5, 0.6) is 0 Å². The lowest BCUT2D eigenvalue weighted by Gasteiger charge is -2.17. The van der Waals surface area contributed by atoms with Gasteiger partial charge in [0, 0.05) is 16.1 Å². The molecule has 6 nitrogen and oxygen atoms in total. The number of thiophene rings is 1. The molecule has 7 heteroatoms. The van der Waals surface area contributed by atoms with Gasteiger partial charge < -0.3 is 5.32 Å². The summed E-state index contributed by atoms with van der Waals surface area (Å²) in [7, 11) is 0. The fraction of sp³-hybridized carbons (Fsp3) is 0.364. The van der Waals surface area contributed by atoms with Gasteiger partial charge in [0.2, 0.25) is 5.91 Å². The van der Waals surface area contributed by atoms with Gasteiger partial charge in [-0.05, 0) is 61.4 Å². The highest BCUT2D eigenvalue weighted by molar-refractivity contribution is 7.18. The zero-order valence-corrected chi connectivity index (χ0v) is 17.1. The van der Waals surface area contributed by atoms with E-state index < -0.39 is 0 Å². The van der Waals surface area contributed by atoms with Crippen LogP contribution in [0.25, 0.3) is 10.2 Å². The highest BCUT2D eigenvalue weighted by atomic mass is 32.1. The fourth-order valence-electron chi connectivity index (χ4n) is 4.32. The number of carbonyl (C=O) groups excluding carboxylic acids is 2. The van der Waals surface area contributed by atoms with Crippen molar-refractivity contribution in [1.29, 1.82) is 0 Å². The minimum absolute atomic E-state index is 0.0582. The van der Waals surface area contributed by atoms with Crippen molar-refractivity contribution < 1.29 is 9.59 Å². The second kappa shape index (κ2) is 6.62. The molecule has 1 aromatic carbocycles. The highest BCUT2D eigenvalue weighted by Gasteiger charge is 2.27. The molecule has 1 aliphatic heterocycles. The van der Waals surface area contributed by atoms with Gasteiger partial charge in [0.1, 0.15) is 4.83 Å². The topological polar surface area (TPSA) is 81.1 Å². The van der Waals surface area contributed by atoms with E-state index in [1.807, 2.05) is 6.92 Å². The van der Waals surface area contributed by atoms with Crippen molar-refractivity contribution >= 4 is 38.9 Å². The van der Waals surface area contributed by atoms with E-state index in [0.717, 1.165) is 40.9 Å². The summed E-state index contributed by atoms with van der Waals surface area (Å²) >= 11 is 1.61. The minimum Gasteiger partial charge on any atom is -0.325 e. The van der Waals surface area contributed by atoms with Crippen molar-refractivity contribution in [3.05, 3.63) is 56.4 Å². The molecular weight excluding hydrogens is 386 g/mol. The largest absolute Gasteiger partial charge is 0.325 e. The van der Waals surface area contributed by atoms with Crippen LogP contribution in [-0.2, 0) is 24.2 Å². The third-order valence-electron chi connectivity index (χ3n) is 6.09. The summed E-state index contributed by atoms with van der Waals surface area (Å²) in [4.78, 5) is 44.3. The maximum absolute atomic E-state index is 13.1. The number of hydrogen-bond acceptors (Lipinski definition) is 5. The number of nitrogens with zero attached hydrogens (tertiary/aromatic N) is 2. The summed E-state index contributed by atoms with van der Waals surface area (Å²) in [5.74, 6) is 0.119. The van der Waals surface area contributed by atoms with E-state index >= 15 is 0 Å². The molecule has 148 valence electrons. The van der Waals surface area contributed by atoms with E-state index in [1.165, 1.54) is 15.8 Å². The zero-order valence-electron chi connectivity index (χ0n) is 16.3. The van der Waals surface area contributed by atoms with Crippen LogP contribution >= 0.6 is 11.3 Å². The van der Waals surface area contributed by atoms with Crippen molar-refractivity contribution in [2.45, 2.75) is 45.6 Å². The average molecular weight is 407 g/mol. The molecule has 0 unspecified atom stereocenters. The van der Waals surface area contributed by atoms with Crippen LogP contribution in [-0.4, -0.2) is 21.2 Å². The summed E-state index contributed by atoms with van der Waals surface area (Å²) in [6.45, 7) is 3.99. The Balaban J connectivity index is 1.48. The first-order chi connectivity index (χ1) is 13.9. The molecule has 3 aromatic rings. The Morgan fingerprint density at radius 1 is 1.31 bits per heavy atom. The number of benzene rings is 1. The summed E-state index contributed by atoms with van der Waals surface area (Å²) in [6, 6.07) is 5.21. The number of amides is 1. The molecule has 2 atom stereocenters. The van der Waals surface area contributed by atoms with Gasteiger partial charge in [0.25, 0.3) is 5.56 Å². The van der Waals surface area contributed by atoms with Crippen molar-refractivity contribution in [3.8, 4) is 0 Å². The molecule has 2 aliphatic rings. The minimum atomic E-state index is -0.279. The Bertz CT molecular complexity index is 1240. The van der Waals surface area contributed by atoms with Gasteiger partial charge in [0.15, 0.2) is 5.78 Å². The van der Waals surface area contributed by atoms with Crippen LogP contribution in [0.1, 0.15) is 52.5 Å². The van der Waals surface area contributed by atoms with E-state index in [-0.39, 0.29) is 29.7 Å². The Morgan fingerprint density at radius 2 is 2.14 bits per heavy atom. The summed E-state index contributed by atoms with van der Waals surface area (Å²) in [5.41, 5.74) is 3.06. The predicted molar refractivity (Wildman–Crippen MR) is 113 cm³/mol. The predicted octanol–water partition coefficient (Wildman–Crippen LogP) is 3.52. The number of ketones is 1. The van der Waals surface area contributed by atoms with Gasteiger partial charge in [-0.2, -0.15) is 0 Å². The molecule has 0 spiro atoms. The number of Topliss-reactive ketones (excluding diaryl/α,β-unsaturated/α-hetero) is 1. The molecule has 0 saturated carbocycles. The quantitative estimate of drug-likeness (QED) is 0.674. The van der Waals surface area contributed by atoms with Gasteiger partial charge in [-0.25, -0.2) is 4.98 Å². The van der Waals surface area contributed by atoms with Gasteiger partial charge >= 0.3 is 0 Å². The summed E-state index contributed by atoms with van der Waals surface area (Å²) in [5, 5.41) is 3.49. The first-order valence-corrected chi connectivity index (χ1v) is 10.7. The monoisotopic (exact) mass is 407 g/mol. The SMILES string of the molecule is C[C@H]1CCc2c(sc3ncn(CC(=O)c4ccc5c(c4)[C@H](C)C(=O)N5)c(=O)c23)C1. The molecule has 0 radical (unpaired) electrons. The van der Waals surface area contributed by atoms with Gasteiger partial charge in [-0.1, -0.05) is 6.92 Å². The van der Waals surface area contributed by atoms with E-state index in [0.29, 0.717) is 16.9 Å². The van der Waals surface area contributed by atoms with Crippen LogP contribution in [0, 0.1) is 5.92 Å². The van der Waals surface area contributed by atoms with Crippen LogP contribution in [0.4, 0.5) is 5.69 Å². The highest BCUT2D eigenvalue weighted by Crippen LogP contribution is 2.36. The Hall–Kier alpha value is -2.80. The molecule has 3 heterocycles. The van der Waals surface area contributed by atoms with Crippen LogP contribution < -0.4 is 10.9 Å². The zero-order chi connectivity index (χ0) is 20.3. The van der Waals surface area contributed by atoms with E-state index in [4.69, 9.17) is 0 Å². The van der Waals surface area contributed by atoms with Crippen molar-refractivity contribution in [2.75, 3.05) is 5.32 Å². The molecule has 1 N–H and O–H groups in total. The average Bonchev–Trinajstić information content (AvgIpc) is 3.20. The molecule has 5 rings (SSSR count). The number of aromatic nitrogens is 2. The fourth-order valence-corrected chi connectivity index (χ4v) is 5.66. The second-order valence-electron chi connectivity index (χ2n) is 8.15. The molecule has 29 heavy (non-hydrogen) atoms. The van der Waals surface area contributed by atoms with Gasteiger partial charge in [-0.15, -0.1) is 11.3 Å². The Kier molecular flexibility index (Phi) is 4.17. The third-order valence-corrected chi connectivity index (χ3v) is 7.25. The van der Waals surface area contributed by atoms with E-state index in [1.54, 1.807) is 29.5 Å². The Morgan fingerprint density at radius 3 is 2.97 bits per heavy atom. The first kappa shape index (κ1) is 18.2. The Labute approximate surface area is 171 Å².